The van der Waals surface area contributed by atoms with Crippen LogP contribution in [-0.2, 0) is 4.79 Å². The van der Waals surface area contributed by atoms with Crippen LogP contribution in [-0.4, -0.2) is 80.6 Å². The van der Waals surface area contributed by atoms with Gasteiger partial charge in [-0.2, -0.15) is 0 Å². The number of benzene rings is 2. The van der Waals surface area contributed by atoms with Gasteiger partial charge in [0.2, 0.25) is 5.91 Å². The highest BCUT2D eigenvalue weighted by atomic mass is 19.1. The van der Waals surface area contributed by atoms with E-state index in [1.807, 2.05) is 11.8 Å². The molecule has 2 amide bonds. The van der Waals surface area contributed by atoms with E-state index in [0.717, 1.165) is 13.1 Å². The molecule has 0 bridgehead atoms. The number of carbonyl (C=O) groups excluding carboxylic acids is 2. The lowest BCUT2D eigenvalue weighted by molar-refractivity contribution is -0.130. The van der Waals surface area contributed by atoms with E-state index in [9.17, 15) is 14.0 Å². The molecule has 0 aliphatic carbocycles. The first-order valence-electron chi connectivity index (χ1n) is 10.8. The Hall–Kier alpha value is -3.66. The van der Waals surface area contributed by atoms with Gasteiger partial charge < -0.3 is 10.2 Å². The minimum Gasteiger partial charge on any atom is -0.348 e. The van der Waals surface area contributed by atoms with Gasteiger partial charge in [0, 0.05) is 56.8 Å². The maximum atomic E-state index is 14.5. The largest absolute Gasteiger partial charge is 0.348 e. The summed E-state index contributed by atoms with van der Waals surface area (Å²) in [6.45, 7) is 7.12. The van der Waals surface area contributed by atoms with Crippen molar-refractivity contribution in [2.75, 3.05) is 32.7 Å². The second-order valence-electron chi connectivity index (χ2n) is 8.18. The lowest BCUT2D eigenvalue weighted by Gasteiger charge is -2.35. The quantitative estimate of drug-likeness (QED) is 0.614. The lowest BCUT2D eigenvalue weighted by atomic mass is 10.0. The molecule has 2 heterocycles. The molecule has 0 spiro atoms. The number of hydrogen-bond donors (Lipinski definition) is 1. The molecule has 1 aliphatic rings. The summed E-state index contributed by atoms with van der Waals surface area (Å²) in [7, 11) is 0. The number of rotatable bonds is 6. The Morgan fingerprint density at radius 2 is 1.88 bits per heavy atom. The highest BCUT2D eigenvalue weighted by molar-refractivity contribution is 5.96. The third-order valence-electron chi connectivity index (χ3n) is 5.71. The Kier molecular flexibility index (Phi) is 6.74. The zero-order valence-corrected chi connectivity index (χ0v) is 18.6. The molecule has 0 saturated carbocycles. The van der Waals surface area contributed by atoms with E-state index in [0.29, 0.717) is 42.0 Å². The van der Waals surface area contributed by atoms with Crippen molar-refractivity contribution >= 4 is 11.8 Å². The molecule has 1 saturated heterocycles. The lowest BCUT2D eigenvalue weighted by Crippen LogP contribution is -2.51. The van der Waals surface area contributed by atoms with Crippen LogP contribution < -0.4 is 5.32 Å². The number of nitrogens with zero attached hydrogens (tertiary/aromatic N) is 6. The maximum Gasteiger partial charge on any atom is 0.251 e. The Morgan fingerprint density at radius 3 is 2.55 bits per heavy atom. The van der Waals surface area contributed by atoms with Crippen LogP contribution in [0.25, 0.3) is 16.8 Å². The summed E-state index contributed by atoms with van der Waals surface area (Å²) in [5, 5.41) is 14.2. The van der Waals surface area contributed by atoms with Gasteiger partial charge >= 0.3 is 0 Å². The maximum absolute atomic E-state index is 14.5. The summed E-state index contributed by atoms with van der Waals surface area (Å²) in [6, 6.07) is 11.4. The zero-order valence-electron chi connectivity index (χ0n) is 18.6. The van der Waals surface area contributed by atoms with Gasteiger partial charge in [-0.25, -0.2) is 9.07 Å². The highest BCUT2D eigenvalue weighted by Gasteiger charge is 2.21. The smallest absolute Gasteiger partial charge is 0.251 e. The van der Waals surface area contributed by atoms with E-state index in [-0.39, 0.29) is 23.7 Å². The molecular weight excluding hydrogens is 425 g/mol. The molecule has 10 heteroatoms. The van der Waals surface area contributed by atoms with Crippen molar-refractivity contribution in [1.82, 2.24) is 35.3 Å². The van der Waals surface area contributed by atoms with Crippen molar-refractivity contribution in [3.8, 4) is 16.8 Å². The number of amides is 2. The van der Waals surface area contributed by atoms with Crippen molar-refractivity contribution < 1.29 is 14.0 Å². The fraction of sp³-hybridized carbons (Fsp3) is 0.348. The predicted molar refractivity (Wildman–Crippen MR) is 120 cm³/mol. The van der Waals surface area contributed by atoms with Crippen LogP contribution in [0.1, 0.15) is 24.2 Å². The third kappa shape index (κ3) is 5.40. The second-order valence-corrected chi connectivity index (χ2v) is 8.18. The number of halogens is 1. The first-order valence-corrected chi connectivity index (χ1v) is 10.8. The molecule has 0 radical (unpaired) electrons. The molecule has 1 unspecified atom stereocenters. The van der Waals surface area contributed by atoms with Crippen molar-refractivity contribution in [3.05, 3.63) is 60.2 Å². The SMILES string of the molecule is CC(=O)N1CCN(CC(C)NC(=O)c2cc(-c3ccccc3F)cc(-n3cnnn3)c2)CC1. The summed E-state index contributed by atoms with van der Waals surface area (Å²) in [5.74, 6) is -0.558. The van der Waals surface area contributed by atoms with Gasteiger partial charge in [-0.1, -0.05) is 18.2 Å². The van der Waals surface area contributed by atoms with E-state index in [4.69, 9.17) is 0 Å². The number of hydrogen-bond acceptors (Lipinski definition) is 6. The molecule has 1 fully saturated rings. The van der Waals surface area contributed by atoms with Crippen molar-refractivity contribution in [1.29, 1.82) is 0 Å². The molecular formula is C23H26FN7O2. The first kappa shape index (κ1) is 22.5. The Labute approximate surface area is 191 Å². The predicted octanol–water partition coefficient (Wildman–Crippen LogP) is 1.75. The van der Waals surface area contributed by atoms with Gasteiger partial charge in [-0.15, -0.1) is 5.10 Å². The molecule has 172 valence electrons. The van der Waals surface area contributed by atoms with Gasteiger partial charge in [-0.3, -0.25) is 14.5 Å². The summed E-state index contributed by atoms with van der Waals surface area (Å²) in [4.78, 5) is 28.7. The van der Waals surface area contributed by atoms with Gasteiger partial charge in [-0.05, 0) is 47.2 Å². The molecule has 9 nitrogen and oxygen atoms in total. The minimum atomic E-state index is -0.379. The fourth-order valence-corrected chi connectivity index (χ4v) is 3.99. The standard InChI is InChI=1S/C23H26FN7O2/c1-16(14-29-7-9-30(10-8-29)17(2)32)26-23(33)19-11-18(21-5-3-4-6-22(21)24)12-20(13-19)31-15-25-27-28-31/h3-6,11-13,15-16H,7-10,14H2,1-2H3,(H,26,33). The number of aromatic nitrogens is 4. The molecule has 4 rings (SSSR count). The highest BCUT2D eigenvalue weighted by Crippen LogP contribution is 2.26. The number of piperazine rings is 1. The zero-order chi connectivity index (χ0) is 23.4. The second kappa shape index (κ2) is 9.86. The Balaban J connectivity index is 1.51. The van der Waals surface area contributed by atoms with Crippen LogP contribution in [0.5, 0.6) is 0 Å². The summed E-state index contributed by atoms with van der Waals surface area (Å²) in [5.41, 5.74) is 1.88. The van der Waals surface area contributed by atoms with E-state index in [1.54, 1.807) is 43.3 Å². The number of tetrazole rings is 1. The molecule has 1 aromatic heterocycles. The van der Waals surface area contributed by atoms with Gasteiger partial charge in [0.05, 0.1) is 5.69 Å². The van der Waals surface area contributed by atoms with Crippen LogP contribution in [0, 0.1) is 5.82 Å². The average Bonchev–Trinajstić information content (AvgIpc) is 3.34. The van der Waals surface area contributed by atoms with Crippen molar-refractivity contribution in [3.63, 3.8) is 0 Å². The molecule has 2 aromatic carbocycles. The molecule has 1 atom stereocenters. The third-order valence-corrected chi connectivity index (χ3v) is 5.71. The monoisotopic (exact) mass is 451 g/mol. The van der Waals surface area contributed by atoms with E-state index in [2.05, 4.69) is 25.7 Å². The Morgan fingerprint density at radius 1 is 1.12 bits per heavy atom. The average molecular weight is 452 g/mol. The molecule has 1 aliphatic heterocycles. The van der Waals surface area contributed by atoms with E-state index < -0.39 is 0 Å². The van der Waals surface area contributed by atoms with Crippen LogP contribution in [0.3, 0.4) is 0 Å². The van der Waals surface area contributed by atoms with Crippen LogP contribution in [0.4, 0.5) is 4.39 Å². The number of nitrogens with one attached hydrogen (secondary N) is 1. The topological polar surface area (TPSA) is 96.2 Å². The fourth-order valence-electron chi connectivity index (χ4n) is 3.99. The van der Waals surface area contributed by atoms with E-state index in [1.165, 1.54) is 17.1 Å². The number of carbonyl (C=O) groups is 2. The van der Waals surface area contributed by atoms with Crippen LogP contribution in [0.2, 0.25) is 0 Å². The van der Waals surface area contributed by atoms with E-state index >= 15 is 0 Å². The van der Waals surface area contributed by atoms with Crippen LogP contribution >= 0.6 is 0 Å². The summed E-state index contributed by atoms with van der Waals surface area (Å²) < 4.78 is 15.9. The van der Waals surface area contributed by atoms with Crippen LogP contribution in [0.15, 0.2) is 48.8 Å². The molecule has 33 heavy (non-hydrogen) atoms. The van der Waals surface area contributed by atoms with Gasteiger partial charge in [0.1, 0.15) is 12.1 Å². The normalized spacial score (nSPS) is 15.3. The van der Waals surface area contributed by atoms with Crippen molar-refractivity contribution in [2.24, 2.45) is 0 Å². The van der Waals surface area contributed by atoms with Gasteiger partial charge in [0.15, 0.2) is 0 Å². The summed E-state index contributed by atoms with van der Waals surface area (Å²) >= 11 is 0. The summed E-state index contributed by atoms with van der Waals surface area (Å²) in [6.07, 6.45) is 1.42. The van der Waals surface area contributed by atoms with Gasteiger partial charge in [0.25, 0.3) is 5.91 Å². The minimum absolute atomic E-state index is 0.0872. The first-order chi connectivity index (χ1) is 15.9. The molecule has 3 aromatic rings. The molecule has 1 N–H and O–H groups in total. The Bertz CT molecular complexity index is 1130. The van der Waals surface area contributed by atoms with Crippen molar-refractivity contribution in [2.45, 2.75) is 19.9 Å².